The van der Waals surface area contributed by atoms with Crippen LogP contribution in [0, 0.1) is 6.92 Å². The maximum Gasteiger partial charge on any atom is 0.130 e. The Kier molecular flexibility index (Phi) is 1.90. The summed E-state index contributed by atoms with van der Waals surface area (Å²) in [6.45, 7) is 2.12. The molecule has 1 aliphatic rings. The third-order valence-electron chi connectivity index (χ3n) is 3.69. The summed E-state index contributed by atoms with van der Waals surface area (Å²) in [6.07, 6.45) is 3.14. The molecule has 0 heterocycles. The van der Waals surface area contributed by atoms with Gasteiger partial charge in [0.25, 0.3) is 0 Å². The first kappa shape index (κ1) is 9.59. The van der Waals surface area contributed by atoms with Crippen molar-refractivity contribution in [1.29, 1.82) is 0 Å². The number of hydrogen-bond acceptors (Lipinski definition) is 1. The highest BCUT2D eigenvalue weighted by Gasteiger charge is 2.45. The van der Waals surface area contributed by atoms with Crippen LogP contribution in [0.3, 0.4) is 0 Å². The lowest BCUT2D eigenvalue weighted by atomic mass is 9.91. The molecule has 16 heavy (non-hydrogen) atoms. The molecule has 2 aromatic rings. The van der Waals surface area contributed by atoms with Crippen LogP contribution in [0.25, 0.3) is 10.8 Å². The molecule has 0 bridgehead atoms. The Morgan fingerprint density at radius 3 is 2.44 bits per heavy atom. The van der Waals surface area contributed by atoms with Crippen molar-refractivity contribution >= 4 is 17.1 Å². The molecular formula is C15H14O. The maximum atomic E-state index is 11.2. The zero-order chi connectivity index (χ0) is 11.2. The van der Waals surface area contributed by atoms with Crippen molar-refractivity contribution in [2.45, 2.75) is 25.2 Å². The summed E-state index contributed by atoms with van der Waals surface area (Å²) in [5.41, 5.74) is 2.32. The molecule has 0 atom stereocenters. The number of benzene rings is 2. The summed E-state index contributed by atoms with van der Waals surface area (Å²) in [7, 11) is 0. The van der Waals surface area contributed by atoms with Crippen LogP contribution in [0.5, 0.6) is 0 Å². The van der Waals surface area contributed by atoms with Crippen LogP contribution < -0.4 is 0 Å². The Bertz CT molecular complexity index is 565. The third-order valence-corrected chi connectivity index (χ3v) is 3.69. The monoisotopic (exact) mass is 210 g/mol. The Labute approximate surface area is 95.1 Å². The molecule has 0 saturated heterocycles. The molecule has 1 nitrogen and oxygen atoms in total. The Morgan fingerprint density at radius 2 is 1.75 bits per heavy atom. The van der Waals surface area contributed by atoms with Gasteiger partial charge in [-0.05, 0) is 41.7 Å². The lowest BCUT2D eigenvalue weighted by Crippen LogP contribution is -2.08. The van der Waals surface area contributed by atoms with E-state index in [2.05, 4.69) is 43.3 Å². The molecule has 0 unspecified atom stereocenters. The highest BCUT2D eigenvalue weighted by atomic mass is 16.1. The van der Waals surface area contributed by atoms with Gasteiger partial charge in [-0.2, -0.15) is 0 Å². The van der Waals surface area contributed by atoms with E-state index in [0.717, 1.165) is 19.1 Å². The van der Waals surface area contributed by atoms with E-state index in [9.17, 15) is 4.79 Å². The zero-order valence-electron chi connectivity index (χ0n) is 9.36. The van der Waals surface area contributed by atoms with Crippen molar-refractivity contribution in [2.75, 3.05) is 0 Å². The number of carbonyl (C=O) groups is 1. The van der Waals surface area contributed by atoms with Gasteiger partial charge >= 0.3 is 0 Å². The quantitative estimate of drug-likeness (QED) is 0.694. The van der Waals surface area contributed by atoms with E-state index < -0.39 is 0 Å². The van der Waals surface area contributed by atoms with Crippen molar-refractivity contribution in [3.05, 3.63) is 47.5 Å². The van der Waals surface area contributed by atoms with Crippen LogP contribution in [0.2, 0.25) is 0 Å². The molecule has 1 fully saturated rings. The number of aldehydes is 1. The highest BCUT2D eigenvalue weighted by Crippen LogP contribution is 2.48. The first-order valence-electron chi connectivity index (χ1n) is 5.72. The van der Waals surface area contributed by atoms with Crippen molar-refractivity contribution in [3.8, 4) is 0 Å². The molecule has 0 radical (unpaired) electrons. The summed E-state index contributed by atoms with van der Waals surface area (Å²) < 4.78 is 0. The van der Waals surface area contributed by atoms with E-state index in [4.69, 9.17) is 0 Å². The fraction of sp³-hybridized carbons (Fsp3) is 0.267. The normalized spacial score (nSPS) is 17.3. The molecular weight excluding hydrogens is 196 g/mol. The van der Waals surface area contributed by atoms with Gasteiger partial charge in [0.2, 0.25) is 0 Å². The molecule has 0 spiro atoms. The van der Waals surface area contributed by atoms with Crippen LogP contribution in [-0.4, -0.2) is 6.29 Å². The van der Waals surface area contributed by atoms with Crippen molar-refractivity contribution in [3.63, 3.8) is 0 Å². The van der Waals surface area contributed by atoms with Gasteiger partial charge in [0, 0.05) is 0 Å². The summed E-state index contributed by atoms with van der Waals surface area (Å²) in [5.74, 6) is 0. The standard InChI is InChI=1S/C15H14O/c1-11-4-2-6-13-12(11)5-3-7-14(13)15(10-16)8-9-15/h2-7,10H,8-9H2,1H3. The Morgan fingerprint density at radius 1 is 1.06 bits per heavy atom. The summed E-state index contributed by atoms with van der Waals surface area (Å²) in [6, 6.07) is 12.6. The second kappa shape index (κ2) is 3.18. The van der Waals surface area contributed by atoms with Crippen molar-refractivity contribution in [1.82, 2.24) is 0 Å². The number of carbonyl (C=O) groups excluding carboxylic acids is 1. The SMILES string of the molecule is Cc1cccc2c(C3(C=O)CC3)cccc12. The van der Waals surface area contributed by atoms with E-state index in [0.29, 0.717) is 0 Å². The molecule has 1 aliphatic carbocycles. The predicted molar refractivity (Wildman–Crippen MR) is 65.7 cm³/mol. The first-order chi connectivity index (χ1) is 7.77. The van der Waals surface area contributed by atoms with Crippen LogP contribution >= 0.6 is 0 Å². The summed E-state index contributed by atoms with van der Waals surface area (Å²) in [5, 5.41) is 2.51. The van der Waals surface area contributed by atoms with Crippen LogP contribution in [-0.2, 0) is 10.2 Å². The highest BCUT2D eigenvalue weighted by molar-refractivity contribution is 5.93. The average molecular weight is 210 g/mol. The first-order valence-corrected chi connectivity index (χ1v) is 5.72. The minimum atomic E-state index is -0.173. The number of aryl methyl sites for hydroxylation is 1. The van der Waals surface area contributed by atoms with Gasteiger partial charge in [-0.25, -0.2) is 0 Å². The van der Waals surface area contributed by atoms with Crippen LogP contribution in [0.1, 0.15) is 24.0 Å². The van der Waals surface area contributed by atoms with Crippen molar-refractivity contribution < 1.29 is 4.79 Å². The van der Waals surface area contributed by atoms with Crippen molar-refractivity contribution in [2.24, 2.45) is 0 Å². The maximum absolute atomic E-state index is 11.2. The van der Waals surface area contributed by atoms with E-state index >= 15 is 0 Å². The van der Waals surface area contributed by atoms with Crippen LogP contribution in [0.4, 0.5) is 0 Å². The predicted octanol–water partition coefficient (Wildman–Crippen LogP) is 3.38. The summed E-state index contributed by atoms with van der Waals surface area (Å²) >= 11 is 0. The second-order valence-electron chi connectivity index (χ2n) is 4.75. The van der Waals surface area contributed by atoms with Gasteiger partial charge in [0.15, 0.2) is 0 Å². The topological polar surface area (TPSA) is 17.1 Å². The molecule has 0 aromatic heterocycles. The number of fused-ring (bicyclic) bond motifs is 1. The number of hydrogen-bond donors (Lipinski definition) is 0. The fourth-order valence-electron chi connectivity index (χ4n) is 2.49. The largest absolute Gasteiger partial charge is 0.302 e. The fourth-order valence-corrected chi connectivity index (χ4v) is 2.49. The second-order valence-corrected chi connectivity index (χ2v) is 4.75. The lowest BCUT2D eigenvalue weighted by Gasteiger charge is -2.12. The molecule has 1 heteroatoms. The van der Waals surface area contributed by atoms with E-state index in [-0.39, 0.29) is 5.41 Å². The number of rotatable bonds is 2. The van der Waals surface area contributed by atoms with Gasteiger partial charge in [0.05, 0.1) is 5.41 Å². The van der Waals surface area contributed by atoms with Gasteiger partial charge in [-0.1, -0.05) is 36.4 Å². The van der Waals surface area contributed by atoms with Gasteiger partial charge in [0.1, 0.15) is 6.29 Å². The van der Waals surface area contributed by atoms with Crippen LogP contribution in [0.15, 0.2) is 36.4 Å². The minimum absolute atomic E-state index is 0.173. The Hall–Kier alpha value is -1.63. The zero-order valence-corrected chi connectivity index (χ0v) is 9.36. The lowest BCUT2D eigenvalue weighted by molar-refractivity contribution is -0.109. The minimum Gasteiger partial charge on any atom is -0.302 e. The average Bonchev–Trinajstić information content (AvgIpc) is 3.10. The third kappa shape index (κ3) is 1.21. The summed E-state index contributed by atoms with van der Waals surface area (Å²) in [4.78, 5) is 11.2. The molecule has 0 aliphatic heterocycles. The Balaban J connectivity index is 2.34. The molecule has 3 rings (SSSR count). The van der Waals surface area contributed by atoms with E-state index in [1.165, 1.54) is 21.9 Å². The molecule has 2 aromatic carbocycles. The molecule has 1 saturated carbocycles. The van der Waals surface area contributed by atoms with Gasteiger partial charge < -0.3 is 4.79 Å². The smallest absolute Gasteiger partial charge is 0.130 e. The molecule has 80 valence electrons. The van der Waals surface area contributed by atoms with E-state index in [1.54, 1.807) is 0 Å². The van der Waals surface area contributed by atoms with Gasteiger partial charge in [-0.3, -0.25) is 0 Å². The van der Waals surface area contributed by atoms with Gasteiger partial charge in [-0.15, -0.1) is 0 Å². The molecule has 0 N–H and O–H groups in total. The van der Waals surface area contributed by atoms with E-state index in [1.807, 2.05) is 0 Å². The molecule has 0 amide bonds.